The molecule has 1 amide bonds. The van der Waals surface area contributed by atoms with E-state index in [1.165, 1.54) is 0 Å². The summed E-state index contributed by atoms with van der Waals surface area (Å²) >= 11 is 2.26. The molecule has 1 aliphatic heterocycles. The highest BCUT2D eigenvalue weighted by molar-refractivity contribution is 14.1. The lowest BCUT2D eigenvalue weighted by Gasteiger charge is -2.32. The first-order chi connectivity index (χ1) is 12.5. The average Bonchev–Trinajstić information content (AvgIpc) is 2.65. The van der Waals surface area contributed by atoms with E-state index in [1.807, 2.05) is 31.2 Å². The Labute approximate surface area is 165 Å². The number of anilines is 2. The lowest BCUT2D eigenvalue weighted by molar-refractivity contribution is -0.142. The van der Waals surface area contributed by atoms with Gasteiger partial charge in [-0.1, -0.05) is 0 Å². The van der Waals surface area contributed by atoms with Crippen LogP contribution in [0.25, 0.3) is 0 Å². The van der Waals surface area contributed by atoms with E-state index in [1.54, 1.807) is 12.4 Å². The number of hydrogen-bond donors (Lipinski definition) is 2. The number of aromatic nitrogens is 1. The van der Waals surface area contributed by atoms with Crippen molar-refractivity contribution >= 4 is 45.8 Å². The summed E-state index contributed by atoms with van der Waals surface area (Å²) in [6, 6.07) is 7.59. The normalized spacial score (nSPS) is 14.9. The van der Waals surface area contributed by atoms with Gasteiger partial charge in [0.25, 0.3) is 5.91 Å². The minimum Gasteiger partial charge on any atom is -0.481 e. The highest BCUT2D eigenvalue weighted by Crippen LogP contribution is 2.27. The molecule has 3 rings (SSSR count). The van der Waals surface area contributed by atoms with Gasteiger partial charge in [-0.2, -0.15) is 0 Å². The van der Waals surface area contributed by atoms with Gasteiger partial charge in [0.2, 0.25) is 0 Å². The smallest absolute Gasteiger partial charge is 0.306 e. The van der Waals surface area contributed by atoms with Gasteiger partial charge < -0.3 is 15.3 Å². The number of benzene rings is 1. The van der Waals surface area contributed by atoms with Gasteiger partial charge in [-0.3, -0.25) is 14.6 Å². The zero-order chi connectivity index (χ0) is 18.7. The van der Waals surface area contributed by atoms with Crippen LogP contribution in [0.5, 0.6) is 0 Å². The van der Waals surface area contributed by atoms with E-state index in [-0.39, 0.29) is 11.8 Å². The van der Waals surface area contributed by atoms with Crippen molar-refractivity contribution in [1.29, 1.82) is 0 Å². The molecule has 136 valence electrons. The number of carboxylic acid groups (broad SMARTS) is 1. The summed E-state index contributed by atoms with van der Waals surface area (Å²) in [5.74, 6) is -1.26. The Kier molecular flexibility index (Phi) is 5.75. The summed E-state index contributed by atoms with van der Waals surface area (Å²) in [5, 5.41) is 12.1. The fourth-order valence-electron chi connectivity index (χ4n) is 3.13. The molecule has 0 saturated carbocycles. The summed E-state index contributed by atoms with van der Waals surface area (Å²) in [7, 11) is 0. The number of nitrogens with one attached hydrogen (secondary N) is 1. The van der Waals surface area contributed by atoms with E-state index in [9.17, 15) is 9.59 Å². The standard InChI is InChI=1S/C19H20IN3O3/c1-12-10-14(2-3-16(12)20)22-18(24)15-11-21-7-4-17(15)23-8-5-13(6-9-23)19(25)26/h2-4,7,10-11,13H,5-6,8-9H2,1H3,(H,22,24)(H,25,26). The predicted octanol–water partition coefficient (Wildman–Crippen LogP) is 3.55. The fourth-order valence-corrected chi connectivity index (χ4v) is 3.46. The molecule has 0 bridgehead atoms. The second kappa shape index (κ2) is 8.03. The third kappa shape index (κ3) is 4.14. The van der Waals surface area contributed by atoms with Gasteiger partial charge >= 0.3 is 5.97 Å². The Morgan fingerprint density at radius 3 is 2.65 bits per heavy atom. The van der Waals surface area contributed by atoms with Crippen molar-refractivity contribution in [3.05, 3.63) is 51.4 Å². The number of hydrogen-bond acceptors (Lipinski definition) is 4. The molecular formula is C19H20IN3O3. The van der Waals surface area contributed by atoms with Crippen LogP contribution in [0.1, 0.15) is 28.8 Å². The molecule has 6 nitrogen and oxygen atoms in total. The van der Waals surface area contributed by atoms with E-state index >= 15 is 0 Å². The van der Waals surface area contributed by atoms with Gasteiger partial charge in [0.05, 0.1) is 17.2 Å². The zero-order valence-electron chi connectivity index (χ0n) is 14.4. The zero-order valence-corrected chi connectivity index (χ0v) is 16.6. The minimum absolute atomic E-state index is 0.214. The number of aliphatic carboxylic acids is 1. The van der Waals surface area contributed by atoms with Crippen LogP contribution in [-0.2, 0) is 4.79 Å². The average molecular weight is 465 g/mol. The second-order valence-electron chi connectivity index (χ2n) is 6.41. The Morgan fingerprint density at radius 1 is 1.27 bits per heavy atom. The van der Waals surface area contributed by atoms with Gasteiger partial charge in [0.15, 0.2) is 0 Å². The molecule has 2 N–H and O–H groups in total. The molecule has 2 aromatic rings. The van der Waals surface area contributed by atoms with Crippen LogP contribution in [0.4, 0.5) is 11.4 Å². The van der Waals surface area contributed by atoms with Crippen LogP contribution in [0.3, 0.4) is 0 Å². The van der Waals surface area contributed by atoms with Crippen molar-refractivity contribution in [1.82, 2.24) is 4.98 Å². The first kappa shape index (κ1) is 18.6. The van der Waals surface area contributed by atoms with Gasteiger partial charge in [-0.15, -0.1) is 0 Å². The maximum atomic E-state index is 12.8. The number of nitrogens with zero attached hydrogens (tertiary/aromatic N) is 2. The molecule has 1 aromatic carbocycles. The third-order valence-corrected chi connectivity index (χ3v) is 5.85. The van der Waals surface area contributed by atoms with Gasteiger partial charge in [0, 0.05) is 34.7 Å². The third-order valence-electron chi connectivity index (χ3n) is 4.64. The van der Waals surface area contributed by atoms with Crippen LogP contribution in [0.15, 0.2) is 36.7 Å². The monoisotopic (exact) mass is 465 g/mol. The first-order valence-electron chi connectivity index (χ1n) is 8.45. The van der Waals surface area contributed by atoms with Crippen LogP contribution in [-0.4, -0.2) is 35.1 Å². The summed E-state index contributed by atoms with van der Waals surface area (Å²) in [6.07, 6.45) is 4.38. The number of carbonyl (C=O) groups excluding carboxylic acids is 1. The van der Waals surface area contributed by atoms with Crippen molar-refractivity contribution in [3.63, 3.8) is 0 Å². The molecule has 0 atom stereocenters. The van der Waals surface area contributed by atoms with E-state index in [4.69, 9.17) is 5.11 Å². The molecule has 26 heavy (non-hydrogen) atoms. The Hall–Kier alpha value is -2.16. The van der Waals surface area contributed by atoms with Gasteiger partial charge in [-0.25, -0.2) is 0 Å². The summed E-state index contributed by atoms with van der Waals surface area (Å²) < 4.78 is 1.14. The van der Waals surface area contributed by atoms with Gasteiger partial charge in [0.1, 0.15) is 0 Å². The highest BCUT2D eigenvalue weighted by atomic mass is 127. The summed E-state index contributed by atoms with van der Waals surface area (Å²) in [4.78, 5) is 30.1. The lowest BCUT2D eigenvalue weighted by atomic mass is 9.96. The van der Waals surface area contributed by atoms with Crippen LogP contribution in [0.2, 0.25) is 0 Å². The number of carboxylic acids is 1. The molecule has 2 heterocycles. The quantitative estimate of drug-likeness (QED) is 0.676. The van der Waals surface area contributed by atoms with E-state index < -0.39 is 5.97 Å². The molecule has 1 aromatic heterocycles. The number of piperidine rings is 1. The number of rotatable bonds is 4. The minimum atomic E-state index is -0.744. The van der Waals surface area contributed by atoms with Crippen molar-refractivity contribution in [2.24, 2.45) is 5.92 Å². The maximum Gasteiger partial charge on any atom is 0.306 e. The molecule has 1 aliphatic rings. The van der Waals surface area contributed by atoms with Crippen LogP contribution < -0.4 is 10.2 Å². The van der Waals surface area contributed by atoms with E-state index in [2.05, 4.69) is 37.8 Å². The molecular weight excluding hydrogens is 445 g/mol. The van der Waals surface area contributed by atoms with Crippen LogP contribution >= 0.6 is 22.6 Å². The molecule has 0 spiro atoms. The number of amides is 1. The molecule has 1 saturated heterocycles. The molecule has 1 fully saturated rings. The second-order valence-corrected chi connectivity index (χ2v) is 7.57. The molecule has 7 heteroatoms. The molecule has 0 unspecified atom stereocenters. The largest absolute Gasteiger partial charge is 0.481 e. The number of carbonyl (C=O) groups is 2. The fraction of sp³-hybridized carbons (Fsp3) is 0.316. The molecule has 0 aliphatic carbocycles. The van der Waals surface area contributed by atoms with Crippen molar-refractivity contribution < 1.29 is 14.7 Å². The SMILES string of the molecule is Cc1cc(NC(=O)c2cnccc2N2CCC(C(=O)O)CC2)ccc1I. The van der Waals surface area contributed by atoms with Crippen LogP contribution in [0, 0.1) is 16.4 Å². The van der Waals surface area contributed by atoms with Crippen molar-refractivity contribution in [2.75, 3.05) is 23.3 Å². The predicted molar refractivity (Wildman–Crippen MR) is 109 cm³/mol. The lowest BCUT2D eigenvalue weighted by Crippen LogP contribution is -2.37. The first-order valence-corrected chi connectivity index (χ1v) is 9.53. The number of pyridine rings is 1. The molecule has 0 radical (unpaired) electrons. The topological polar surface area (TPSA) is 82.5 Å². The van der Waals surface area contributed by atoms with E-state index in [0.717, 1.165) is 20.5 Å². The van der Waals surface area contributed by atoms with Crippen molar-refractivity contribution in [3.8, 4) is 0 Å². The highest BCUT2D eigenvalue weighted by Gasteiger charge is 2.26. The summed E-state index contributed by atoms with van der Waals surface area (Å²) in [5.41, 5.74) is 3.14. The summed E-state index contributed by atoms with van der Waals surface area (Å²) in [6.45, 7) is 3.23. The Bertz CT molecular complexity index is 833. The number of aryl methyl sites for hydroxylation is 1. The maximum absolute atomic E-state index is 12.8. The van der Waals surface area contributed by atoms with E-state index in [0.29, 0.717) is 31.5 Å². The Balaban J connectivity index is 1.77. The Morgan fingerprint density at radius 2 is 2.00 bits per heavy atom. The van der Waals surface area contributed by atoms with Gasteiger partial charge in [-0.05, 0) is 72.2 Å². The van der Waals surface area contributed by atoms with Crippen molar-refractivity contribution in [2.45, 2.75) is 19.8 Å². The number of halogens is 1.